The highest BCUT2D eigenvalue weighted by Gasteiger charge is 2.04. The highest BCUT2D eigenvalue weighted by atomic mass is 16.1. The van der Waals surface area contributed by atoms with Crippen LogP contribution in [0.15, 0.2) is 28.8 Å². The van der Waals surface area contributed by atoms with Crippen LogP contribution in [0, 0.1) is 0 Å². The fourth-order valence-corrected chi connectivity index (χ4v) is 1.51. The topological polar surface area (TPSA) is 49.8 Å². The molecule has 0 saturated carbocycles. The van der Waals surface area contributed by atoms with E-state index in [4.69, 9.17) is 0 Å². The molecule has 0 aromatic carbocycles. The van der Waals surface area contributed by atoms with Crippen molar-refractivity contribution in [3.05, 3.63) is 34.5 Å². The number of aromatic nitrogens is 2. The van der Waals surface area contributed by atoms with E-state index in [0.29, 0.717) is 0 Å². The van der Waals surface area contributed by atoms with Crippen LogP contribution in [0.25, 0.3) is 0 Å². The fraction of sp³-hybridized carbons (Fsp3) is 0.444. The van der Waals surface area contributed by atoms with E-state index < -0.39 is 0 Å². The van der Waals surface area contributed by atoms with Gasteiger partial charge in [0.05, 0.1) is 0 Å². The minimum atomic E-state index is -0.0283. The lowest BCUT2D eigenvalue weighted by Gasteiger charge is -2.13. The van der Waals surface area contributed by atoms with E-state index in [0.717, 1.165) is 26.1 Å². The van der Waals surface area contributed by atoms with Gasteiger partial charge < -0.3 is 10.3 Å². The van der Waals surface area contributed by atoms with Crippen molar-refractivity contribution in [3.8, 4) is 0 Å². The molecule has 0 fully saturated rings. The Bertz CT molecular complexity index is 361. The van der Waals surface area contributed by atoms with E-state index in [1.807, 2.05) is 0 Å². The molecule has 0 bridgehead atoms. The number of imidazole rings is 1. The molecule has 0 aliphatic carbocycles. The molecule has 0 spiro atoms. The van der Waals surface area contributed by atoms with Gasteiger partial charge >= 0.3 is 5.69 Å². The van der Waals surface area contributed by atoms with Crippen molar-refractivity contribution in [2.45, 2.75) is 13.0 Å². The maximum absolute atomic E-state index is 11.2. The molecule has 4 heteroatoms. The van der Waals surface area contributed by atoms with Gasteiger partial charge in [-0.15, -0.1) is 0 Å². The highest BCUT2D eigenvalue weighted by Crippen LogP contribution is 2.05. The molecular formula is C9H13N3O. The first-order chi connectivity index (χ1) is 6.36. The first-order valence-corrected chi connectivity index (χ1v) is 4.49. The molecule has 1 aromatic heterocycles. The Hall–Kier alpha value is -1.29. The summed E-state index contributed by atoms with van der Waals surface area (Å²) >= 11 is 0. The minimum Gasteiger partial charge on any atom is -0.313 e. The smallest absolute Gasteiger partial charge is 0.313 e. The van der Waals surface area contributed by atoms with Gasteiger partial charge in [-0.3, -0.25) is 4.57 Å². The van der Waals surface area contributed by atoms with Crippen LogP contribution in [0.5, 0.6) is 0 Å². The normalized spacial score (nSPS) is 17.1. The van der Waals surface area contributed by atoms with Gasteiger partial charge in [0.1, 0.15) is 0 Å². The summed E-state index contributed by atoms with van der Waals surface area (Å²) in [6, 6.07) is 0. The summed E-state index contributed by atoms with van der Waals surface area (Å²) < 4.78 is 1.69. The number of H-pyrrole nitrogens is 1. The summed E-state index contributed by atoms with van der Waals surface area (Å²) in [6.07, 6.45) is 6.65. The summed E-state index contributed by atoms with van der Waals surface area (Å²) in [7, 11) is 0. The van der Waals surface area contributed by atoms with Crippen LogP contribution in [0.4, 0.5) is 0 Å². The van der Waals surface area contributed by atoms with Crippen molar-refractivity contribution in [1.82, 2.24) is 14.9 Å². The molecule has 2 N–H and O–H groups in total. The SMILES string of the molecule is O=c1[nH]ccn1CC1=CCNCC1. The van der Waals surface area contributed by atoms with Gasteiger partial charge in [0, 0.05) is 25.5 Å². The highest BCUT2D eigenvalue weighted by molar-refractivity contribution is 5.07. The van der Waals surface area contributed by atoms with Crippen molar-refractivity contribution in [1.29, 1.82) is 0 Å². The number of nitrogens with one attached hydrogen (secondary N) is 2. The van der Waals surface area contributed by atoms with Crippen molar-refractivity contribution >= 4 is 0 Å². The lowest BCUT2D eigenvalue weighted by molar-refractivity contribution is 0.642. The Kier molecular flexibility index (Phi) is 2.31. The lowest BCUT2D eigenvalue weighted by Crippen LogP contribution is -2.24. The first-order valence-electron chi connectivity index (χ1n) is 4.49. The van der Waals surface area contributed by atoms with E-state index >= 15 is 0 Å². The van der Waals surface area contributed by atoms with E-state index in [1.54, 1.807) is 17.0 Å². The number of nitrogens with zero attached hydrogens (tertiary/aromatic N) is 1. The number of hydrogen-bond acceptors (Lipinski definition) is 2. The molecule has 70 valence electrons. The molecule has 1 aliphatic rings. The summed E-state index contributed by atoms with van der Waals surface area (Å²) in [5.74, 6) is 0. The first kappa shape index (κ1) is 8.31. The van der Waals surface area contributed by atoms with E-state index in [-0.39, 0.29) is 5.69 Å². The van der Waals surface area contributed by atoms with E-state index in [1.165, 1.54) is 5.57 Å². The van der Waals surface area contributed by atoms with Gasteiger partial charge in [-0.05, 0) is 13.0 Å². The van der Waals surface area contributed by atoms with Crippen molar-refractivity contribution in [3.63, 3.8) is 0 Å². The summed E-state index contributed by atoms with van der Waals surface area (Å²) in [5.41, 5.74) is 1.31. The van der Waals surface area contributed by atoms with Crippen molar-refractivity contribution in [2.24, 2.45) is 0 Å². The standard InChI is InChI=1S/C9H13N3O/c13-9-11-5-6-12(9)7-8-1-3-10-4-2-8/h1,5-6,10H,2-4,7H2,(H,11,13). The van der Waals surface area contributed by atoms with Crippen molar-refractivity contribution < 1.29 is 0 Å². The molecule has 4 nitrogen and oxygen atoms in total. The zero-order chi connectivity index (χ0) is 9.10. The number of hydrogen-bond donors (Lipinski definition) is 2. The largest absolute Gasteiger partial charge is 0.325 e. The van der Waals surface area contributed by atoms with Crippen LogP contribution in [0.2, 0.25) is 0 Å². The molecule has 2 heterocycles. The van der Waals surface area contributed by atoms with Crippen LogP contribution in [-0.4, -0.2) is 22.6 Å². The van der Waals surface area contributed by atoms with Crippen LogP contribution in [0.1, 0.15) is 6.42 Å². The average molecular weight is 179 g/mol. The molecule has 0 unspecified atom stereocenters. The second-order valence-electron chi connectivity index (χ2n) is 3.21. The van der Waals surface area contributed by atoms with Gasteiger partial charge in [0.2, 0.25) is 0 Å². The van der Waals surface area contributed by atoms with Crippen molar-refractivity contribution in [2.75, 3.05) is 13.1 Å². The Balaban J connectivity index is 2.09. The summed E-state index contributed by atoms with van der Waals surface area (Å²) in [4.78, 5) is 13.8. The molecule has 1 aromatic rings. The quantitative estimate of drug-likeness (QED) is 0.632. The maximum atomic E-state index is 11.2. The second kappa shape index (κ2) is 3.62. The monoisotopic (exact) mass is 179 g/mol. The van der Waals surface area contributed by atoms with Gasteiger partial charge in [-0.2, -0.15) is 0 Å². The van der Waals surface area contributed by atoms with Gasteiger partial charge in [0.25, 0.3) is 0 Å². The number of aromatic amines is 1. The molecular weight excluding hydrogens is 166 g/mol. The van der Waals surface area contributed by atoms with Crippen LogP contribution in [0.3, 0.4) is 0 Å². The zero-order valence-corrected chi connectivity index (χ0v) is 7.42. The zero-order valence-electron chi connectivity index (χ0n) is 7.42. The Morgan fingerprint density at radius 1 is 1.54 bits per heavy atom. The van der Waals surface area contributed by atoms with E-state index in [9.17, 15) is 4.79 Å². The third-order valence-electron chi connectivity index (χ3n) is 2.25. The molecule has 0 saturated heterocycles. The van der Waals surface area contributed by atoms with Gasteiger partial charge in [0.15, 0.2) is 0 Å². The summed E-state index contributed by atoms with van der Waals surface area (Å²) in [6.45, 7) is 2.67. The van der Waals surface area contributed by atoms with Gasteiger partial charge in [-0.1, -0.05) is 11.6 Å². The Morgan fingerprint density at radius 2 is 2.46 bits per heavy atom. The third kappa shape index (κ3) is 1.89. The van der Waals surface area contributed by atoms with Crippen LogP contribution < -0.4 is 11.0 Å². The van der Waals surface area contributed by atoms with Crippen LogP contribution >= 0.6 is 0 Å². The molecule has 13 heavy (non-hydrogen) atoms. The Labute approximate surface area is 76.3 Å². The molecule has 0 radical (unpaired) electrons. The van der Waals surface area contributed by atoms with Crippen LogP contribution in [-0.2, 0) is 6.54 Å². The predicted molar refractivity (Wildman–Crippen MR) is 50.6 cm³/mol. The molecule has 2 rings (SSSR count). The van der Waals surface area contributed by atoms with E-state index in [2.05, 4.69) is 16.4 Å². The summed E-state index contributed by atoms with van der Waals surface area (Å²) in [5, 5.41) is 3.24. The third-order valence-corrected chi connectivity index (χ3v) is 2.25. The maximum Gasteiger partial charge on any atom is 0.325 e. The minimum absolute atomic E-state index is 0.0283. The fourth-order valence-electron chi connectivity index (χ4n) is 1.51. The lowest BCUT2D eigenvalue weighted by atomic mass is 10.1. The molecule has 0 atom stereocenters. The van der Waals surface area contributed by atoms with Gasteiger partial charge in [-0.25, -0.2) is 4.79 Å². The molecule has 1 aliphatic heterocycles. The second-order valence-corrected chi connectivity index (χ2v) is 3.21. The predicted octanol–water partition coefficient (Wildman–Crippen LogP) is 0.0961. The number of rotatable bonds is 2. The average Bonchev–Trinajstić information content (AvgIpc) is 2.54. The molecule has 0 amide bonds. The Morgan fingerprint density at radius 3 is 3.08 bits per heavy atom.